The van der Waals surface area contributed by atoms with Crippen molar-refractivity contribution in [2.24, 2.45) is 0 Å². The lowest BCUT2D eigenvalue weighted by molar-refractivity contribution is -0.115. The van der Waals surface area contributed by atoms with E-state index in [1.54, 1.807) is 0 Å². The number of benzene rings is 2. The molecule has 0 fully saturated rings. The fraction of sp³-hybridized carbons (Fsp3) is 0.0625. The highest BCUT2D eigenvalue weighted by atomic mass is 16.1. The van der Waals surface area contributed by atoms with Gasteiger partial charge < -0.3 is 5.32 Å². The summed E-state index contributed by atoms with van der Waals surface area (Å²) >= 11 is 0. The molecule has 0 atom stereocenters. The van der Waals surface area contributed by atoms with Gasteiger partial charge in [0.1, 0.15) is 0 Å². The van der Waals surface area contributed by atoms with Gasteiger partial charge >= 0.3 is 0 Å². The molecule has 88 valence electrons. The van der Waals surface area contributed by atoms with Crippen molar-refractivity contribution in [1.29, 1.82) is 0 Å². The standard InChI is InChI=1S/C10H9NO.C6H4/c1-2-6-10(12)11-9-7-4-3-5-8-9;1-2-5-4-6(5)3-1/h1,3-5,7-8H,6H2,(H,11,12);1-4H. The predicted octanol–water partition coefficient (Wildman–Crippen LogP) is 3.32. The number of fused-ring (bicyclic) bond motifs is 1. The number of nitrogens with one attached hydrogen (secondary N) is 1. The van der Waals surface area contributed by atoms with Gasteiger partial charge in [-0.15, -0.1) is 6.42 Å². The van der Waals surface area contributed by atoms with Crippen LogP contribution < -0.4 is 5.32 Å². The molecule has 0 aromatic heterocycles. The van der Waals surface area contributed by atoms with Crippen LogP contribution in [-0.4, -0.2) is 5.91 Å². The first-order valence-electron chi connectivity index (χ1n) is 5.68. The van der Waals surface area contributed by atoms with Crippen LogP contribution >= 0.6 is 0 Å². The van der Waals surface area contributed by atoms with Crippen molar-refractivity contribution in [3.8, 4) is 23.5 Å². The minimum absolute atomic E-state index is 0.120. The van der Waals surface area contributed by atoms with Crippen LogP contribution in [0.4, 0.5) is 5.69 Å². The summed E-state index contributed by atoms with van der Waals surface area (Å²) < 4.78 is 0. The van der Waals surface area contributed by atoms with E-state index < -0.39 is 0 Å². The molecular weight excluding hydrogens is 222 g/mol. The third-order valence-electron chi connectivity index (χ3n) is 2.43. The second-order valence-corrected chi connectivity index (χ2v) is 3.88. The molecule has 0 bridgehead atoms. The number of hydrogen-bond donors (Lipinski definition) is 1. The van der Waals surface area contributed by atoms with Gasteiger partial charge in [-0.1, -0.05) is 42.3 Å². The summed E-state index contributed by atoms with van der Waals surface area (Å²) in [5.41, 5.74) is 3.63. The molecule has 0 radical (unpaired) electrons. The molecule has 2 aliphatic rings. The van der Waals surface area contributed by atoms with E-state index in [0.717, 1.165) is 5.69 Å². The Kier molecular flexibility index (Phi) is 3.78. The van der Waals surface area contributed by atoms with Gasteiger partial charge in [0.2, 0.25) is 5.91 Å². The van der Waals surface area contributed by atoms with E-state index >= 15 is 0 Å². The minimum Gasteiger partial charge on any atom is -0.325 e. The van der Waals surface area contributed by atoms with Gasteiger partial charge in [-0.2, -0.15) is 0 Å². The smallest absolute Gasteiger partial charge is 0.236 e. The monoisotopic (exact) mass is 235 g/mol. The van der Waals surface area contributed by atoms with E-state index in [1.165, 1.54) is 11.1 Å². The molecule has 1 aromatic rings. The van der Waals surface area contributed by atoms with E-state index in [2.05, 4.69) is 35.5 Å². The average molecular weight is 235 g/mol. The maximum absolute atomic E-state index is 11.0. The zero-order valence-corrected chi connectivity index (χ0v) is 9.89. The fourth-order valence-corrected chi connectivity index (χ4v) is 1.49. The summed E-state index contributed by atoms with van der Waals surface area (Å²) in [6.45, 7) is 0. The molecule has 1 amide bonds. The summed E-state index contributed by atoms with van der Waals surface area (Å²) in [7, 11) is 0. The Bertz CT molecular complexity index is 564. The lowest BCUT2D eigenvalue weighted by Crippen LogP contribution is -2.09. The van der Waals surface area contributed by atoms with Gasteiger partial charge in [0.15, 0.2) is 0 Å². The number of rotatable bonds is 2. The molecule has 0 saturated carbocycles. The lowest BCUT2D eigenvalue weighted by Gasteiger charge is -2.00. The van der Waals surface area contributed by atoms with E-state index in [9.17, 15) is 4.79 Å². The second kappa shape index (κ2) is 5.70. The van der Waals surface area contributed by atoms with Crippen LogP contribution in [-0.2, 0) is 4.79 Å². The topological polar surface area (TPSA) is 29.1 Å². The third kappa shape index (κ3) is 3.50. The van der Waals surface area contributed by atoms with E-state index in [-0.39, 0.29) is 12.3 Å². The van der Waals surface area contributed by atoms with Crippen LogP contribution in [0, 0.1) is 12.3 Å². The first-order chi connectivity index (χ1) is 8.79. The van der Waals surface area contributed by atoms with Crippen LogP contribution in [0.3, 0.4) is 0 Å². The van der Waals surface area contributed by atoms with Gasteiger partial charge in [0, 0.05) is 5.69 Å². The fourth-order valence-electron chi connectivity index (χ4n) is 1.49. The molecule has 1 N–H and O–H groups in total. The number of amides is 1. The Hall–Kier alpha value is -2.53. The summed E-state index contributed by atoms with van der Waals surface area (Å²) in [4.78, 5) is 11.0. The molecule has 1 aromatic carbocycles. The molecule has 0 saturated heterocycles. The van der Waals surface area contributed by atoms with Crippen LogP contribution in [0.1, 0.15) is 6.42 Å². The van der Waals surface area contributed by atoms with E-state index in [1.807, 2.05) is 30.3 Å². The third-order valence-corrected chi connectivity index (χ3v) is 2.43. The highest BCUT2D eigenvalue weighted by molar-refractivity contribution is 5.92. The van der Waals surface area contributed by atoms with Gasteiger partial charge in [-0.05, 0) is 29.3 Å². The maximum Gasteiger partial charge on any atom is 0.236 e. The highest BCUT2D eigenvalue weighted by Gasteiger charge is 2.06. The normalized spacial score (nSPS) is 9.50. The van der Waals surface area contributed by atoms with Crippen molar-refractivity contribution in [3.05, 3.63) is 54.6 Å². The summed E-state index contributed by atoms with van der Waals surface area (Å²) in [6.07, 6.45) is 5.09. The molecule has 0 aliphatic heterocycles. The summed E-state index contributed by atoms with van der Waals surface area (Å²) in [5.74, 6) is 2.13. The van der Waals surface area contributed by atoms with Crippen molar-refractivity contribution in [1.82, 2.24) is 0 Å². The van der Waals surface area contributed by atoms with Crippen molar-refractivity contribution < 1.29 is 4.79 Å². The largest absolute Gasteiger partial charge is 0.325 e. The second-order valence-electron chi connectivity index (χ2n) is 3.88. The molecule has 2 aliphatic carbocycles. The number of terminal acetylenes is 1. The van der Waals surface area contributed by atoms with Crippen molar-refractivity contribution in [2.75, 3.05) is 5.32 Å². The molecule has 0 heterocycles. The number of anilines is 1. The summed E-state index contributed by atoms with van der Waals surface area (Å²) in [5, 5.41) is 2.66. The van der Waals surface area contributed by atoms with Crippen LogP contribution in [0.15, 0.2) is 54.6 Å². The highest BCUT2D eigenvalue weighted by Crippen LogP contribution is 2.32. The SMILES string of the molecule is C#CCC(=O)Nc1ccccc1.c1cc2cc-2c1. The zero-order valence-electron chi connectivity index (χ0n) is 9.89. The summed E-state index contributed by atoms with van der Waals surface area (Å²) in [6, 6.07) is 17.7. The predicted molar refractivity (Wildman–Crippen MR) is 74.0 cm³/mol. The maximum atomic E-state index is 11.0. The van der Waals surface area contributed by atoms with Gasteiger partial charge in [-0.3, -0.25) is 4.79 Å². The number of para-hydroxylation sites is 1. The molecule has 3 rings (SSSR count). The van der Waals surface area contributed by atoms with Crippen LogP contribution in [0.5, 0.6) is 0 Å². The first kappa shape index (κ1) is 11.9. The zero-order chi connectivity index (χ0) is 12.8. The Labute approximate surface area is 107 Å². The van der Waals surface area contributed by atoms with E-state index in [4.69, 9.17) is 6.42 Å². The van der Waals surface area contributed by atoms with Crippen LogP contribution in [0.2, 0.25) is 0 Å². The van der Waals surface area contributed by atoms with Gasteiger partial charge in [-0.25, -0.2) is 0 Å². The first-order valence-corrected chi connectivity index (χ1v) is 5.68. The van der Waals surface area contributed by atoms with Crippen molar-refractivity contribution >= 4 is 11.6 Å². The van der Waals surface area contributed by atoms with Crippen molar-refractivity contribution in [2.45, 2.75) is 6.42 Å². The Morgan fingerprint density at radius 1 is 1.06 bits per heavy atom. The van der Waals surface area contributed by atoms with Gasteiger partial charge in [0.05, 0.1) is 6.42 Å². The lowest BCUT2D eigenvalue weighted by atomic mass is 10.3. The number of carbonyl (C=O) groups is 1. The average Bonchev–Trinajstić information content (AvgIpc) is 2.98. The Morgan fingerprint density at radius 2 is 1.72 bits per heavy atom. The van der Waals surface area contributed by atoms with Crippen molar-refractivity contribution in [3.63, 3.8) is 0 Å². The molecule has 0 spiro atoms. The molecule has 0 unspecified atom stereocenters. The Balaban J connectivity index is 0.000000164. The number of hydrogen-bond acceptors (Lipinski definition) is 1. The van der Waals surface area contributed by atoms with Gasteiger partial charge in [0.25, 0.3) is 0 Å². The Morgan fingerprint density at radius 3 is 2.17 bits per heavy atom. The molecular formula is C16H13NO. The number of carbonyl (C=O) groups excluding carboxylic acids is 1. The minimum atomic E-state index is -0.149. The molecule has 2 heteroatoms. The quantitative estimate of drug-likeness (QED) is 0.678. The molecule has 18 heavy (non-hydrogen) atoms. The van der Waals surface area contributed by atoms with Crippen LogP contribution in [0.25, 0.3) is 11.1 Å². The molecule has 2 nitrogen and oxygen atoms in total. The van der Waals surface area contributed by atoms with E-state index in [0.29, 0.717) is 0 Å².